The molecule has 0 aliphatic heterocycles. The number of hydrogen-bond donors (Lipinski definition) is 0. The number of hydrogen-bond acceptors (Lipinski definition) is 2. The zero-order valence-electron chi connectivity index (χ0n) is 7.55. The lowest BCUT2D eigenvalue weighted by molar-refractivity contribution is 0.101. The number of Topliss-reactive ketones (excluding diaryl/α,β-unsaturated/α-hetero) is 1. The lowest BCUT2D eigenvalue weighted by Gasteiger charge is -1.93. The van der Waals surface area contributed by atoms with Gasteiger partial charge in [-0.3, -0.25) is 4.79 Å². The minimum absolute atomic E-state index is 0.142. The van der Waals surface area contributed by atoms with E-state index >= 15 is 0 Å². The lowest BCUT2D eigenvalue weighted by Crippen LogP contribution is -1.91. The molecule has 0 bridgehead atoms. The van der Waals surface area contributed by atoms with Crippen molar-refractivity contribution in [2.45, 2.75) is 13.8 Å². The third kappa shape index (κ3) is 1.27. The Hall–Kier alpha value is -1.15. The van der Waals surface area contributed by atoms with Gasteiger partial charge in [0.15, 0.2) is 5.78 Å². The molecule has 0 amide bonds. The normalized spacial score (nSPS) is 10.6. The maximum atomic E-state index is 11.3. The Kier molecular flexibility index (Phi) is 1.93. The van der Waals surface area contributed by atoms with Crippen molar-refractivity contribution in [1.29, 1.82) is 0 Å². The molecular formula is C11H9OS. The molecule has 1 radical (unpaired) electrons. The van der Waals surface area contributed by atoms with Crippen molar-refractivity contribution in [2.24, 2.45) is 0 Å². The molecule has 1 aromatic heterocycles. The van der Waals surface area contributed by atoms with Gasteiger partial charge in [0.25, 0.3) is 0 Å². The summed E-state index contributed by atoms with van der Waals surface area (Å²) in [7, 11) is 0. The zero-order chi connectivity index (χ0) is 9.42. The van der Waals surface area contributed by atoms with Crippen LogP contribution in [0.3, 0.4) is 0 Å². The molecular weight excluding hydrogens is 180 g/mol. The smallest absolute Gasteiger partial charge is 0.161 e. The van der Waals surface area contributed by atoms with Gasteiger partial charge in [-0.05, 0) is 32.0 Å². The summed E-state index contributed by atoms with van der Waals surface area (Å²) >= 11 is 1.67. The van der Waals surface area contributed by atoms with Gasteiger partial charge in [-0.25, -0.2) is 0 Å². The molecule has 0 atom stereocenters. The van der Waals surface area contributed by atoms with Crippen LogP contribution in [0.2, 0.25) is 0 Å². The molecule has 0 saturated carbocycles. The van der Waals surface area contributed by atoms with E-state index in [1.54, 1.807) is 18.3 Å². The fourth-order valence-electron chi connectivity index (χ4n) is 1.54. The van der Waals surface area contributed by atoms with E-state index in [4.69, 9.17) is 0 Å². The third-order valence-corrected chi connectivity index (χ3v) is 3.15. The average Bonchev–Trinajstić information content (AvgIpc) is 2.39. The highest BCUT2D eigenvalue weighted by Gasteiger charge is 2.11. The number of carbonyl (C=O) groups excluding carboxylic acids is 1. The van der Waals surface area contributed by atoms with Gasteiger partial charge in [0.2, 0.25) is 0 Å². The lowest BCUT2D eigenvalue weighted by atomic mass is 10.1. The second kappa shape index (κ2) is 2.96. The Morgan fingerprint density at radius 2 is 2.31 bits per heavy atom. The highest BCUT2D eigenvalue weighted by Crippen LogP contribution is 2.30. The van der Waals surface area contributed by atoms with Crippen molar-refractivity contribution in [3.63, 3.8) is 0 Å². The number of benzene rings is 1. The Morgan fingerprint density at radius 3 is 3.00 bits per heavy atom. The van der Waals surface area contributed by atoms with E-state index in [0.717, 1.165) is 15.8 Å². The standard InChI is InChI=1S/C11H9OS/c1-7(12)11-8(2)13-10-6-4-3-5-9(10)11/h4-6H,1-2H3. The van der Waals surface area contributed by atoms with E-state index in [1.807, 2.05) is 25.1 Å². The summed E-state index contributed by atoms with van der Waals surface area (Å²) in [5.74, 6) is 0.142. The molecule has 2 aromatic rings. The number of carbonyl (C=O) groups is 1. The molecule has 0 saturated heterocycles. The van der Waals surface area contributed by atoms with Crippen molar-refractivity contribution >= 4 is 27.2 Å². The molecule has 0 N–H and O–H groups in total. The first-order chi connectivity index (χ1) is 6.20. The monoisotopic (exact) mass is 189 g/mol. The highest BCUT2D eigenvalue weighted by molar-refractivity contribution is 7.19. The van der Waals surface area contributed by atoms with Gasteiger partial charge in [-0.15, -0.1) is 11.3 Å². The predicted molar refractivity (Wildman–Crippen MR) is 55.4 cm³/mol. The Balaban J connectivity index is 2.86. The average molecular weight is 189 g/mol. The number of aryl methyl sites for hydroxylation is 1. The SMILES string of the molecule is CC(=O)c1c(C)sc2cc[c]cc12. The fraction of sp³-hybridized carbons (Fsp3) is 0.182. The van der Waals surface area contributed by atoms with Crippen LogP contribution in [0.5, 0.6) is 0 Å². The van der Waals surface area contributed by atoms with E-state index in [0.29, 0.717) is 0 Å². The quantitative estimate of drug-likeness (QED) is 0.629. The number of thiophene rings is 1. The highest BCUT2D eigenvalue weighted by atomic mass is 32.1. The summed E-state index contributed by atoms with van der Waals surface area (Å²) in [6.07, 6.45) is 0. The van der Waals surface area contributed by atoms with Gasteiger partial charge in [-0.1, -0.05) is 6.07 Å². The molecule has 0 fully saturated rings. The van der Waals surface area contributed by atoms with Crippen LogP contribution in [0, 0.1) is 13.0 Å². The summed E-state index contributed by atoms with van der Waals surface area (Å²) in [5.41, 5.74) is 0.858. The van der Waals surface area contributed by atoms with Gasteiger partial charge in [0, 0.05) is 20.5 Å². The molecule has 1 nitrogen and oxygen atoms in total. The maximum absolute atomic E-state index is 11.3. The largest absolute Gasteiger partial charge is 0.294 e. The zero-order valence-corrected chi connectivity index (χ0v) is 8.37. The van der Waals surface area contributed by atoms with Crippen LogP contribution >= 0.6 is 11.3 Å². The minimum atomic E-state index is 0.142. The van der Waals surface area contributed by atoms with Gasteiger partial charge in [-0.2, -0.15) is 0 Å². The number of fused-ring (bicyclic) bond motifs is 1. The first-order valence-electron chi connectivity index (χ1n) is 4.10. The van der Waals surface area contributed by atoms with Crippen molar-refractivity contribution in [3.05, 3.63) is 34.7 Å². The van der Waals surface area contributed by atoms with Crippen LogP contribution in [0.1, 0.15) is 22.2 Å². The van der Waals surface area contributed by atoms with Crippen LogP contribution in [0.15, 0.2) is 18.2 Å². The van der Waals surface area contributed by atoms with E-state index in [1.165, 1.54) is 4.70 Å². The van der Waals surface area contributed by atoms with E-state index in [2.05, 4.69) is 6.07 Å². The molecule has 0 aliphatic carbocycles. The summed E-state index contributed by atoms with van der Waals surface area (Å²) in [6.45, 7) is 3.60. The topological polar surface area (TPSA) is 17.1 Å². The second-order valence-corrected chi connectivity index (χ2v) is 4.27. The van der Waals surface area contributed by atoms with Crippen LogP contribution in [-0.2, 0) is 0 Å². The molecule has 13 heavy (non-hydrogen) atoms. The second-order valence-electron chi connectivity index (χ2n) is 3.01. The van der Waals surface area contributed by atoms with Crippen molar-refractivity contribution in [3.8, 4) is 0 Å². The number of ketones is 1. The summed E-state index contributed by atoms with van der Waals surface area (Å²) < 4.78 is 1.17. The Morgan fingerprint density at radius 1 is 1.54 bits per heavy atom. The first kappa shape index (κ1) is 8.45. The van der Waals surface area contributed by atoms with Crippen LogP contribution in [0.25, 0.3) is 10.1 Å². The van der Waals surface area contributed by atoms with E-state index < -0.39 is 0 Å². The first-order valence-corrected chi connectivity index (χ1v) is 4.92. The van der Waals surface area contributed by atoms with Crippen molar-refractivity contribution < 1.29 is 4.79 Å². The summed E-state index contributed by atoms with van der Waals surface area (Å²) in [6, 6.07) is 8.76. The summed E-state index contributed by atoms with van der Waals surface area (Å²) in [4.78, 5) is 12.4. The summed E-state index contributed by atoms with van der Waals surface area (Å²) in [5, 5.41) is 1.04. The minimum Gasteiger partial charge on any atom is -0.294 e. The maximum Gasteiger partial charge on any atom is 0.161 e. The Labute approximate surface area is 81.0 Å². The Bertz CT molecular complexity index is 468. The van der Waals surface area contributed by atoms with Gasteiger partial charge in [0.1, 0.15) is 0 Å². The predicted octanol–water partition coefficient (Wildman–Crippen LogP) is 3.21. The van der Waals surface area contributed by atoms with Gasteiger partial charge >= 0.3 is 0 Å². The van der Waals surface area contributed by atoms with E-state index in [-0.39, 0.29) is 5.78 Å². The molecule has 0 aliphatic rings. The van der Waals surface area contributed by atoms with Crippen LogP contribution in [0.4, 0.5) is 0 Å². The fourth-order valence-corrected chi connectivity index (χ4v) is 2.64. The van der Waals surface area contributed by atoms with Crippen molar-refractivity contribution in [1.82, 2.24) is 0 Å². The number of rotatable bonds is 1. The molecule has 2 heteroatoms. The van der Waals surface area contributed by atoms with Gasteiger partial charge < -0.3 is 0 Å². The van der Waals surface area contributed by atoms with E-state index in [9.17, 15) is 4.79 Å². The molecule has 1 heterocycles. The molecule has 0 spiro atoms. The van der Waals surface area contributed by atoms with Gasteiger partial charge in [0.05, 0.1) is 0 Å². The van der Waals surface area contributed by atoms with Crippen molar-refractivity contribution in [2.75, 3.05) is 0 Å². The van der Waals surface area contributed by atoms with Crippen LogP contribution < -0.4 is 0 Å². The molecule has 0 unspecified atom stereocenters. The molecule has 2 rings (SSSR count). The molecule has 65 valence electrons. The molecule has 1 aromatic carbocycles. The van der Waals surface area contributed by atoms with Crippen LogP contribution in [-0.4, -0.2) is 5.78 Å². The third-order valence-electron chi connectivity index (χ3n) is 2.06.